The van der Waals surface area contributed by atoms with Gasteiger partial charge in [-0.1, -0.05) is 12.2 Å². The molecule has 0 spiro atoms. The van der Waals surface area contributed by atoms with Crippen LogP contribution in [0.4, 0.5) is 0 Å². The molecule has 0 aromatic carbocycles. The van der Waals surface area contributed by atoms with Crippen LogP contribution in [0.15, 0.2) is 23.2 Å². The number of thiocarbonyl (C=S) groups is 1. The number of nitrogens with zero attached hydrogens (tertiary/aromatic N) is 2. The van der Waals surface area contributed by atoms with Crippen molar-refractivity contribution in [2.75, 3.05) is 6.54 Å². The van der Waals surface area contributed by atoms with Crippen LogP contribution in [0, 0.1) is 0 Å². The first kappa shape index (κ1) is 15.5. The van der Waals surface area contributed by atoms with Crippen LogP contribution >= 0.6 is 12.2 Å². The second kappa shape index (κ2) is 5.47. The number of imide groups is 1. The van der Waals surface area contributed by atoms with E-state index in [0.717, 1.165) is 10.5 Å². The highest BCUT2D eigenvalue weighted by atomic mass is 32.2. The molecule has 2 amide bonds. The van der Waals surface area contributed by atoms with Gasteiger partial charge in [0.2, 0.25) is 21.8 Å². The Morgan fingerprint density at radius 1 is 1.48 bits per heavy atom. The molecule has 1 aliphatic heterocycles. The van der Waals surface area contributed by atoms with Gasteiger partial charge < -0.3 is 5.73 Å². The zero-order chi connectivity index (χ0) is 15.8. The lowest BCUT2D eigenvalue weighted by molar-refractivity contribution is -0.136. The summed E-state index contributed by atoms with van der Waals surface area (Å²) in [6, 6.07) is 1.66. The second-order valence-corrected chi connectivity index (χ2v) is 6.71. The van der Waals surface area contributed by atoms with Crippen LogP contribution in [0.3, 0.4) is 0 Å². The molecule has 2 rings (SSSR count). The maximum Gasteiger partial charge on any atom is 0.245 e. The number of carbonyl (C=O) groups is 2. The highest BCUT2D eigenvalue weighted by Gasteiger charge is 2.39. The largest absolute Gasteiger partial charge is 0.388 e. The molecule has 10 heteroatoms. The topological polar surface area (TPSA) is 122 Å². The number of nitrogens with one attached hydrogen (secondary N) is 1. The van der Waals surface area contributed by atoms with Gasteiger partial charge >= 0.3 is 0 Å². The van der Waals surface area contributed by atoms with Crippen molar-refractivity contribution in [2.45, 2.75) is 17.9 Å². The Morgan fingerprint density at radius 3 is 2.67 bits per heavy atom. The molecule has 2 heterocycles. The Morgan fingerprint density at radius 2 is 2.14 bits per heavy atom. The van der Waals surface area contributed by atoms with E-state index in [1.54, 1.807) is 0 Å². The Labute approximate surface area is 126 Å². The molecule has 1 aliphatic rings. The van der Waals surface area contributed by atoms with E-state index < -0.39 is 34.4 Å². The molecule has 3 N–H and O–H groups in total. The molecule has 1 atom stereocenters. The minimum absolute atomic E-state index is 0.0415. The van der Waals surface area contributed by atoms with Crippen LogP contribution in [-0.2, 0) is 19.6 Å². The highest BCUT2D eigenvalue weighted by Crippen LogP contribution is 2.19. The van der Waals surface area contributed by atoms with Crippen molar-refractivity contribution in [1.82, 2.24) is 14.6 Å². The summed E-state index contributed by atoms with van der Waals surface area (Å²) in [6.07, 6.45) is 1.09. The third-order valence-corrected chi connectivity index (χ3v) is 5.08. The van der Waals surface area contributed by atoms with Crippen molar-refractivity contribution in [3.05, 3.63) is 24.0 Å². The molecule has 1 unspecified atom stereocenters. The minimum Gasteiger partial charge on any atom is -0.388 e. The van der Waals surface area contributed by atoms with E-state index in [0.29, 0.717) is 0 Å². The molecule has 1 saturated heterocycles. The van der Waals surface area contributed by atoms with E-state index in [4.69, 9.17) is 18.0 Å². The van der Waals surface area contributed by atoms with Crippen molar-refractivity contribution in [3.63, 3.8) is 0 Å². The number of amides is 2. The first-order valence-corrected chi connectivity index (χ1v) is 7.69. The average Bonchev–Trinajstić information content (AvgIpc) is 2.42. The fraction of sp³-hybridized carbons (Fsp3) is 0.273. The van der Waals surface area contributed by atoms with Crippen molar-refractivity contribution in [1.29, 1.82) is 0 Å². The molecule has 0 aliphatic carbocycles. The lowest BCUT2D eigenvalue weighted by Gasteiger charge is -2.30. The van der Waals surface area contributed by atoms with Crippen LogP contribution < -0.4 is 11.1 Å². The number of piperazine rings is 1. The van der Waals surface area contributed by atoms with Crippen LogP contribution in [-0.4, -0.2) is 47.1 Å². The van der Waals surface area contributed by atoms with Gasteiger partial charge in [0.1, 0.15) is 15.9 Å². The fourth-order valence-corrected chi connectivity index (χ4v) is 3.41. The number of hydrogen-bond donors (Lipinski definition) is 2. The van der Waals surface area contributed by atoms with Crippen molar-refractivity contribution in [3.8, 4) is 0 Å². The van der Waals surface area contributed by atoms with Crippen molar-refractivity contribution >= 4 is 39.0 Å². The Hall–Kier alpha value is -1.91. The lowest BCUT2D eigenvalue weighted by atomic mass is 10.2. The number of pyridine rings is 1. The third kappa shape index (κ3) is 2.91. The quantitative estimate of drug-likeness (QED) is 0.525. The van der Waals surface area contributed by atoms with Gasteiger partial charge in [0, 0.05) is 6.20 Å². The summed E-state index contributed by atoms with van der Waals surface area (Å²) in [5, 5.41) is 2.07. The number of sulfonamides is 1. The molecule has 0 bridgehead atoms. The molecule has 1 fully saturated rings. The van der Waals surface area contributed by atoms with E-state index in [2.05, 4.69) is 10.3 Å². The van der Waals surface area contributed by atoms with E-state index in [1.165, 1.54) is 19.1 Å². The van der Waals surface area contributed by atoms with Gasteiger partial charge in [0.25, 0.3) is 0 Å². The number of aromatic nitrogens is 1. The SMILES string of the molecule is CC1C(=O)NC(=O)CN1S(=O)(=O)c1ccc(C(N)=S)nc1. The summed E-state index contributed by atoms with van der Waals surface area (Å²) in [5.41, 5.74) is 5.67. The fourth-order valence-electron chi connectivity index (χ4n) is 1.80. The van der Waals surface area contributed by atoms with E-state index in [9.17, 15) is 18.0 Å². The minimum atomic E-state index is -4.01. The van der Waals surface area contributed by atoms with Gasteiger partial charge in [-0.3, -0.25) is 19.9 Å². The second-order valence-electron chi connectivity index (χ2n) is 4.38. The maximum absolute atomic E-state index is 12.5. The number of nitrogens with two attached hydrogens (primary N) is 1. The smallest absolute Gasteiger partial charge is 0.245 e. The van der Waals surface area contributed by atoms with Crippen LogP contribution in [0.2, 0.25) is 0 Å². The average molecular weight is 328 g/mol. The first-order valence-electron chi connectivity index (χ1n) is 5.85. The summed E-state index contributed by atoms with van der Waals surface area (Å²) >= 11 is 4.73. The summed E-state index contributed by atoms with van der Waals surface area (Å²) in [5.74, 6) is -1.34. The molecular formula is C11H12N4O4S2. The zero-order valence-corrected chi connectivity index (χ0v) is 12.6. The monoisotopic (exact) mass is 328 g/mol. The van der Waals surface area contributed by atoms with Crippen LogP contribution in [0.5, 0.6) is 0 Å². The van der Waals surface area contributed by atoms with Gasteiger partial charge in [0.15, 0.2) is 0 Å². The molecule has 0 radical (unpaired) electrons. The molecule has 112 valence electrons. The van der Waals surface area contributed by atoms with Gasteiger partial charge in [-0.15, -0.1) is 0 Å². The van der Waals surface area contributed by atoms with E-state index in [1.807, 2.05) is 0 Å². The van der Waals surface area contributed by atoms with Gasteiger partial charge in [-0.25, -0.2) is 8.42 Å². The first-order chi connectivity index (χ1) is 9.73. The van der Waals surface area contributed by atoms with Crippen molar-refractivity contribution < 1.29 is 18.0 Å². The number of hydrogen-bond acceptors (Lipinski definition) is 6. The summed E-state index contributed by atoms with van der Waals surface area (Å²) < 4.78 is 25.7. The Bertz CT molecular complexity index is 714. The summed E-state index contributed by atoms with van der Waals surface area (Å²) in [7, 11) is -4.01. The molecule has 0 saturated carbocycles. The highest BCUT2D eigenvalue weighted by molar-refractivity contribution is 7.89. The molecular weight excluding hydrogens is 316 g/mol. The Balaban J connectivity index is 2.39. The van der Waals surface area contributed by atoms with E-state index in [-0.39, 0.29) is 15.6 Å². The summed E-state index contributed by atoms with van der Waals surface area (Å²) in [4.78, 5) is 26.7. The van der Waals surface area contributed by atoms with Gasteiger partial charge in [-0.05, 0) is 19.1 Å². The standard InChI is InChI=1S/C11H12N4O4S2/c1-6-11(17)14-9(16)5-15(6)21(18,19)7-2-3-8(10(12)20)13-4-7/h2-4,6H,5H2,1H3,(H2,12,20)(H,14,16,17). The predicted octanol–water partition coefficient (Wildman–Crippen LogP) is -1.25. The number of carbonyl (C=O) groups excluding carboxylic acids is 2. The Kier molecular flexibility index (Phi) is 4.03. The van der Waals surface area contributed by atoms with E-state index >= 15 is 0 Å². The molecule has 21 heavy (non-hydrogen) atoms. The van der Waals surface area contributed by atoms with Gasteiger partial charge in [0.05, 0.1) is 12.2 Å². The summed E-state index contributed by atoms with van der Waals surface area (Å²) in [6.45, 7) is 0.975. The predicted molar refractivity (Wildman–Crippen MR) is 76.6 cm³/mol. The molecule has 1 aromatic rings. The lowest BCUT2D eigenvalue weighted by Crippen LogP contribution is -2.58. The molecule has 8 nitrogen and oxygen atoms in total. The van der Waals surface area contributed by atoms with Crippen molar-refractivity contribution in [2.24, 2.45) is 5.73 Å². The molecule has 1 aromatic heterocycles. The maximum atomic E-state index is 12.5. The normalized spacial score (nSPS) is 20.1. The van der Waals surface area contributed by atoms with Crippen LogP contribution in [0.25, 0.3) is 0 Å². The van der Waals surface area contributed by atoms with Crippen LogP contribution in [0.1, 0.15) is 12.6 Å². The zero-order valence-electron chi connectivity index (χ0n) is 10.9. The number of rotatable bonds is 3. The van der Waals surface area contributed by atoms with Gasteiger partial charge in [-0.2, -0.15) is 4.31 Å². The third-order valence-electron chi connectivity index (χ3n) is 2.97.